The summed E-state index contributed by atoms with van der Waals surface area (Å²) in [6, 6.07) is 7.42. The number of aryl methyl sites for hydroxylation is 1. The van der Waals surface area contributed by atoms with Crippen molar-refractivity contribution in [3.05, 3.63) is 24.3 Å². The topological polar surface area (TPSA) is 85.2 Å². The zero-order valence-corrected chi connectivity index (χ0v) is 14.1. The van der Waals surface area contributed by atoms with Crippen molar-refractivity contribution in [3.8, 4) is 11.4 Å². The van der Waals surface area contributed by atoms with Crippen molar-refractivity contribution < 1.29 is 9.53 Å². The first-order chi connectivity index (χ1) is 11.6. The molecule has 1 N–H and O–H groups in total. The summed E-state index contributed by atoms with van der Waals surface area (Å²) in [5, 5.41) is 14.6. The van der Waals surface area contributed by atoms with Crippen LogP contribution in [-0.2, 0) is 11.3 Å². The Morgan fingerprint density at radius 3 is 2.79 bits per heavy atom. The number of ether oxygens (including phenoxy) is 1. The zero-order chi connectivity index (χ0) is 17.1. The van der Waals surface area contributed by atoms with Gasteiger partial charge in [0.05, 0.1) is 12.2 Å². The van der Waals surface area contributed by atoms with Crippen LogP contribution in [0.25, 0.3) is 11.4 Å². The van der Waals surface area contributed by atoms with Gasteiger partial charge in [-0.3, -0.25) is 0 Å². The quantitative estimate of drug-likeness (QED) is 0.930. The van der Waals surface area contributed by atoms with Crippen molar-refractivity contribution in [2.45, 2.75) is 39.5 Å². The second kappa shape index (κ2) is 6.96. The predicted molar refractivity (Wildman–Crippen MR) is 89.5 cm³/mol. The van der Waals surface area contributed by atoms with Crippen molar-refractivity contribution in [2.24, 2.45) is 0 Å². The highest BCUT2D eigenvalue weighted by Gasteiger charge is 2.25. The minimum atomic E-state index is -0.121. The van der Waals surface area contributed by atoms with Gasteiger partial charge in [-0.2, -0.15) is 0 Å². The maximum atomic E-state index is 12.5. The molecule has 1 aromatic carbocycles. The summed E-state index contributed by atoms with van der Waals surface area (Å²) < 4.78 is 7.38. The van der Waals surface area contributed by atoms with Crippen LogP contribution in [0.5, 0.6) is 0 Å². The smallest absolute Gasteiger partial charge is 0.322 e. The third-order valence-corrected chi connectivity index (χ3v) is 3.91. The average molecular weight is 330 g/mol. The molecular formula is C16H22N6O2. The monoisotopic (exact) mass is 330 g/mol. The molecule has 2 amide bonds. The summed E-state index contributed by atoms with van der Waals surface area (Å²) in [6.45, 7) is 7.78. The molecule has 0 spiro atoms. The number of anilines is 1. The molecular weight excluding hydrogens is 308 g/mol. The van der Waals surface area contributed by atoms with E-state index < -0.39 is 0 Å². The van der Waals surface area contributed by atoms with Crippen LogP contribution >= 0.6 is 0 Å². The second-order valence-corrected chi connectivity index (χ2v) is 5.99. The Labute approximate surface area is 140 Å². The van der Waals surface area contributed by atoms with E-state index in [1.807, 2.05) is 45.0 Å². The summed E-state index contributed by atoms with van der Waals surface area (Å²) in [5.74, 6) is 0.683. The number of hydrogen-bond donors (Lipinski definition) is 1. The molecule has 0 saturated carbocycles. The van der Waals surface area contributed by atoms with E-state index in [2.05, 4.69) is 20.8 Å². The molecule has 1 aliphatic rings. The fourth-order valence-corrected chi connectivity index (χ4v) is 2.91. The minimum absolute atomic E-state index is 0.0417. The van der Waals surface area contributed by atoms with Crippen molar-refractivity contribution >= 4 is 11.7 Å². The molecule has 0 aliphatic carbocycles. The van der Waals surface area contributed by atoms with Crippen molar-refractivity contribution in [1.82, 2.24) is 25.1 Å². The molecule has 8 nitrogen and oxygen atoms in total. The Balaban J connectivity index is 1.74. The molecule has 2 heterocycles. The van der Waals surface area contributed by atoms with E-state index in [4.69, 9.17) is 4.74 Å². The first-order valence-corrected chi connectivity index (χ1v) is 8.14. The first kappa shape index (κ1) is 16.4. The number of amides is 2. The molecule has 0 radical (unpaired) electrons. The van der Waals surface area contributed by atoms with Gasteiger partial charge in [-0.25, -0.2) is 9.48 Å². The highest BCUT2D eigenvalue weighted by molar-refractivity contribution is 5.90. The Kier molecular flexibility index (Phi) is 4.75. The maximum absolute atomic E-state index is 12.5. The molecule has 2 unspecified atom stereocenters. The summed E-state index contributed by atoms with van der Waals surface area (Å²) in [4.78, 5) is 14.3. The lowest BCUT2D eigenvalue weighted by atomic mass is 10.2. The highest BCUT2D eigenvalue weighted by Crippen LogP contribution is 2.21. The van der Waals surface area contributed by atoms with Gasteiger partial charge in [0.2, 0.25) is 0 Å². The largest absolute Gasteiger partial charge is 0.372 e. The van der Waals surface area contributed by atoms with Gasteiger partial charge >= 0.3 is 6.03 Å². The number of benzene rings is 1. The van der Waals surface area contributed by atoms with Crippen molar-refractivity contribution in [1.29, 1.82) is 0 Å². The van der Waals surface area contributed by atoms with Crippen LogP contribution in [0, 0.1) is 0 Å². The summed E-state index contributed by atoms with van der Waals surface area (Å²) in [6.07, 6.45) is 0.0834. The summed E-state index contributed by atoms with van der Waals surface area (Å²) in [7, 11) is 0. The Morgan fingerprint density at radius 2 is 2.08 bits per heavy atom. The Hall–Kier alpha value is -2.48. The third kappa shape index (κ3) is 3.53. The van der Waals surface area contributed by atoms with Gasteiger partial charge in [0.25, 0.3) is 0 Å². The van der Waals surface area contributed by atoms with Gasteiger partial charge < -0.3 is 15.0 Å². The van der Waals surface area contributed by atoms with E-state index in [9.17, 15) is 4.79 Å². The average Bonchev–Trinajstić information content (AvgIpc) is 3.03. The van der Waals surface area contributed by atoms with Gasteiger partial charge in [-0.15, -0.1) is 5.10 Å². The number of aromatic nitrogens is 4. The molecule has 8 heteroatoms. The highest BCUT2D eigenvalue weighted by atomic mass is 16.5. The molecule has 0 bridgehead atoms. The van der Waals surface area contributed by atoms with E-state index in [1.54, 1.807) is 9.58 Å². The van der Waals surface area contributed by atoms with E-state index >= 15 is 0 Å². The van der Waals surface area contributed by atoms with Gasteiger partial charge in [0, 0.05) is 30.9 Å². The molecule has 1 saturated heterocycles. The van der Waals surface area contributed by atoms with Crippen LogP contribution < -0.4 is 5.32 Å². The van der Waals surface area contributed by atoms with Crippen LogP contribution in [0.15, 0.2) is 24.3 Å². The fourth-order valence-electron chi connectivity index (χ4n) is 2.91. The summed E-state index contributed by atoms with van der Waals surface area (Å²) in [5.41, 5.74) is 1.58. The Bertz CT molecular complexity index is 706. The number of rotatable bonds is 3. The number of tetrazole rings is 1. The minimum Gasteiger partial charge on any atom is -0.372 e. The number of nitrogens with zero attached hydrogens (tertiary/aromatic N) is 5. The molecule has 128 valence electrons. The van der Waals surface area contributed by atoms with Crippen molar-refractivity contribution in [3.63, 3.8) is 0 Å². The number of carbonyl (C=O) groups excluding carboxylic acids is 1. The van der Waals surface area contributed by atoms with Gasteiger partial charge in [-0.05, 0) is 43.3 Å². The van der Waals surface area contributed by atoms with Gasteiger partial charge in [0.15, 0.2) is 5.82 Å². The lowest BCUT2D eigenvalue weighted by molar-refractivity contribution is -0.0530. The number of hydrogen-bond acceptors (Lipinski definition) is 5. The third-order valence-electron chi connectivity index (χ3n) is 3.91. The van der Waals surface area contributed by atoms with E-state index in [0.717, 1.165) is 11.3 Å². The molecule has 1 aromatic heterocycles. The zero-order valence-electron chi connectivity index (χ0n) is 14.1. The number of nitrogens with one attached hydrogen (secondary N) is 1. The molecule has 1 aliphatic heterocycles. The SMILES string of the molecule is CCn1nnnc1-c1cccc(NC(=O)N2CC(C)OC(C)C2)c1. The summed E-state index contributed by atoms with van der Waals surface area (Å²) >= 11 is 0. The van der Waals surface area contributed by atoms with Gasteiger partial charge in [0.1, 0.15) is 0 Å². The molecule has 3 rings (SSSR count). The fraction of sp³-hybridized carbons (Fsp3) is 0.500. The number of morpholine rings is 1. The van der Waals surface area contributed by atoms with Crippen LogP contribution in [0.1, 0.15) is 20.8 Å². The van der Waals surface area contributed by atoms with Crippen LogP contribution in [0.3, 0.4) is 0 Å². The lowest BCUT2D eigenvalue weighted by Crippen LogP contribution is -2.49. The normalized spacial score (nSPS) is 20.9. The van der Waals surface area contributed by atoms with Crippen LogP contribution in [0.2, 0.25) is 0 Å². The van der Waals surface area contributed by atoms with Crippen LogP contribution in [0.4, 0.5) is 10.5 Å². The molecule has 2 atom stereocenters. The van der Waals surface area contributed by atoms with Gasteiger partial charge in [-0.1, -0.05) is 12.1 Å². The van der Waals surface area contributed by atoms with E-state index in [0.29, 0.717) is 25.5 Å². The standard InChI is InChI=1S/C16H22N6O2/c1-4-22-15(18-19-20-22)13-6-5-7-14(8-13)17-16(23)21-9-11(2)24-12(3)10-21/h5-8,11-12H,4,9-10H2,1-3H3,(H,17,23). The molecule has 2 aromatic rings. The maximum Gasteiger partial charge on any atom is 0.322 e. The van der Waals surface area contributed by atoms with Crippen LogP contribution in [-0.4, -0.2) is 56.4 Å². The lowest BCUT2D eigenvalue weighted by Gasteiger charge is -2.35. The van der Waals surface area contributed by atoms with E-state index in [-0.39, 0.29) is 18.2 Å². The second-order valence-electron chi connectivity index (χ2n) is 5.99. The number of urea groups is 1. The predicted octanol–water partition coefficient (Wildman–Crippen LogP) is 2.00. The molecule has 24 heavy (non-hydrogen) atoms. The number of carbonyl (C=O) groups is 1. The Morgan fingerprint density at radius 1 is 1.33 bits per heavy atom. The van der Waals surface area contributed by atoms with Crippen molar-refractivity contribution in [2.75, 3.05) is 18.4 Å². The van der Waals surface area contributed by atoms with E-state index in [1.165, 1.54) is 0 Å². The first-order valence-electron chi connectivity index (χ1n) is 8.14. The molecule has 1 fully saturated rings.